The van der Waals surface area contributed by atoms with Crippen molar-refractivity contribution in [3.63, 3.8) is 0 Å². The van der Waals surface area contributed by atoms with Gasteiger partial charge in [-0.2, -0.15) is 0 Å². The summed E-state index contributed by atoms with van der Waals surface area (Å²) in [5, 5.41) is 3.23. The third kappa shape index (κ3) is 3.78. The Morgan fingerprint density at radius 2 is 2.10 bits per heavy atom. The van der Waals surface area contributed by atoms with Crippen LogP contribution in [0.25, 0.3) is 0 Å². The van der Waals surface area contributed by atoms with E-state index in [4.69, 9.17) is 5.73 Å². The third-order valence-corrected chi connectivity index (χ3v) is 4.32. The van der Waals surface area contributed by atoms with E-state index in [0.717, 1.165) is 25.6 Å². The molecule has 0 unspecified atom stereocenters. The van der Waals surface area contributed by atoms with Gasteiger partial charge in [-0.25, -0.2) is 4.99 Å². The molecule has 21 heavy (non-hydrogen) atoms. The van der Waals surface area contributed by atoms with Gasteiger partial charge < -0.3 is 16.0 Å². The topological polar surface area (TPSA) is 53.6 Å². The Labute approximate surface area is 126 Å². The minimum absolute atomic E-state index is 0.565. The number of nitrogens with zero attached hydrogens (tertiary/aromatic N) is 2. The summed E-state index contributed by atoms with van der Waals surface area (Å²) >= 11 is 0. The van der Waals surface area contributed by atoms with Gasteiger partial charge >= 0.3 is 0 Å². The SMILES string of the molecule is NC(=NCc1cccc(N2CC=CC2)c1)NCC1CCC1. The molecule has 4 heteroatoms. The lowest BCUT2D eigenvalue weighted by Crippen LogP contribution is -2.37. The quantitative estimate of drug-likeness (QED) is 0.495. The second kappa shape index (κ2) is 6.66. The molecule has 1 fully saturated rings. The van der Waals surface area contributed by atoms with E-state index in [0.29, 0.717) is 12.5 Å². The molecule has 0 radical (unpaired) electrons. The highest BCUT2D eigenvalue weighted by Crippen LogP contribution is 2.25. The molecule has 4 nitrogen and oxygen atoms in total. The van der Waals surface area contributed by atoms with Crippen LogP contribution in [-0.4, -0.2) is 25.6 Å². The smallest absolute Gasteiger partial charge is 0.188 e. The fraction of sp³-hybridized carbons (Fsp3) is 0.471. The van der Waals surface area contributed by atoms with Crippen LogP contribution in [0.5, 0.6) is 0 Å². The van der Waals surface area contributed by atoms with Crippen molar-refractivity contribution in [2.24, 2.45) is 16.6 Å². The Kier molecular flexibility index (Phi) is 4.43. The molecule has 0 bridgehead atoms. The summed E-state index contributed by atoms with van der Waals surface area (Å²) in [7, 11) is 0. The summed E-state index contributed by atoms with van der Waals surface area (Å²) in [6.07, 6.45) is 8.42. The van der Waals surface area contributed by atoms with Gasteiger partial charge in [-0.1, -0.05) is 30.7 Å². The minimum atomic E-state index is 0.565. The minimum Gasteiger partial charge on any atom is -0.370 e. The van der Waals surface area contributed by atoms with Crippen molar-refractivity contribution < 1.29 is 0 Å². The molecule has 1 aromatic rings. The van der Waals surface area contributed by atoms with E-state index in [1.807, 2.05) is 0 Å². The lowest BCUT2D eigenvalue weighted by atomic mass is 9.85. The van der Waals surface area contributed by atoms with Crippen LogP contribution in [0.15, 0.2) is 41.4 Å². The normalized spacial score (nSPS) is 18.9. The van der Waals surface area contributed by atoms with Crippen LogP contribution in [0.3, 0.4) is 0 Å². The number of hydrogen-bond acceptors (Lipinski definition) is 2. The lowest BCUT2D eigenvalue weighted by molar-refractivity contribution is 0.315. The molecule has 112 valence electrons. The zero-order valence-electron chi connectivity index (χ0n) is 12.5. The molecule has 0 amide bonds. The molecule has 0 aromatic heterocycles. The van der Waals surface area contributed by atoms with Crippen molar-refractivity contribution in [3.8, 4) is 0 Å². The van der Waals surface area contributed by atoms with Gasteiger partial charge in [0.05, 0.1) is 6.54 Å². The first-order valence-electron chi connectivity index (χ1n) is 7.84. The van der Waals surface area contributed by atoms with Crippen molar-refractivity contribution in [2.45, 2.75) is 25.8 Å². The fourth-order valence-electron chi connectivity index (χ4n) is 2.72. The number of hydrogen-bond donors (Lipinski definition) is 2. The number of nitrogens with one attached hydrogen (secondary N) is 1. The standard InChI is InChI=1S/C17H24N4/c18-17(19-12-14-5-3-6-14)20-13-15-7-4-8-16(11-15)21-9-1-2-10-21/h1-2,4,7-8,11,14H,3,5-6,9-10,12-13H2,(H3,18,19,20). The highest BCUT2D eigenvalue weighted by molar-refractivity contribution is 5.77. The van der Waals surface area contributed by atoms with Gasteiger partial charge in [-0.05, 0) is 36.5 Å². The van der Waals surface area contributed by atoms with Crippen LogP contribution in [0.4, 0.5) is 5.69 Å². The van der Waals surface area contributed by atoms with Crippen LogP contribution in [0, 0.1) is 5.92 Å². The van der Waals surface area contributed by atoms with Gasteiger partial charge in [-0.15, -0.1) is 0 Å². The van der Waals surface area contributed by atoms with Crippen LogP contribution >= 0.6 is 0 Å². The maximum absolute atomic E-state index is 5.93. The second-order valence-corrected chi connectivity index (χ2v) is 5.93. The summed E-state index contributed by atoms with van der Waals surface area (Å²) in [5.74, 6) is 1.36. The summed E-state index contributed by atoms with van der Waals surface area (Å²) in [6.45, 7) is 3.60. The number of rotatable bonds is 5. The number of benzene rings is 1. The van der Waals surface area contributed by atoms with Crippen LogP contribution < -0.4 is 16.0 Å². The second-order valence-electron chi connectivity index (χ2n) is 5.93. The van der Waals surface area contributed by atoms with Crippen LogP contribution in [0.2, 0.25) is 0 Å². The summed E-state index contributed by atoms with van der Waals surface area (Å²) in [4.78, 5) is 6.78. The van der Waals surface area contributed by atoms with Crippen molar-refractivity contribution >= 4 is 11.6 Å². The first-order valence-corrected chi connectivity index (χ1v) is 7.84. The summed E-state index contributed by atoms with van der Waals surface area (Å²) in [6, 6.07) is 8.56. The van der Waals surface area contributed by atoms with Crippen molar-refractivity contribution in [1.82, 2.24) is 5.32 Å². The van der Waals surface area contributed by atoms with E-state index in [-0.39, 0.29) is 0 Å². The van der Waals surface area contributed by atoms with E-state index < -0.39 is 0 Å². The van der Waals surface area contributed by atoms with Gasteiger partial charge in [0.25, 0.3) is 0 Å². The average molecular weight is 284 g/mol. The van der Waals surface area contributed by atoms with Gasteiger partial charge in [0.1, 0.15) is 0 Å². The predicted octanol–water partition coefficient (Wildman–Crippen LogP) is 2.27. The Balaban J connectivity index is 1.52. The Bertz CT molecular complexity index is 523. The Morgan fingerprint density at radius 1 is 1.29 bits per heavy atom. The average Bonchev–Trinajstić information content (AvgIpc) is 2.98. The summed E-state index contributed by atoms with van der Waals surface area (Å²) < 4.78 is 0. The molecular formula is C17H24N4. The van der Waals surface area contributed by atoms with Gasteiger partial charge in [0.2, 0.25) is 0 Å². The molecule has 3 N–H and O–H groups in total. The number of aliphatic imine (C=N–C) groups is 1. The molecule has 0 saturated heterocycles. The zero-order chi connectivity index (χ0) is 14.5. The monoisotopic (exact) mass is 284 g/mol. The largest absolute Gasteiger partial charge is 0.370 e. The van der Waals surface area contributed by atoms with Crippen molar-refractivity contribution in [2.75, 3.05) is 24.5 Å². The van der Waals surface area contributed by atoms with E-state index in [1.165, 1.54) is 30.5 Å². The molecule has 0 spiro atoms. The van der Waals surface area contributed by atoms with Gasteiger partial charge in [0, 0.05) is 25.3 Å². The molecule has 1 heterocycles. The molecule has 0 atom stereocenters. The maximum Gasteiger partial charge on any atom is 0.188 e. The molecule has 1 aromatic carbocycles. The molecule has 3 rings (SSSR count). The zero-order valence-corrected chi connectivity index (χ0v) is 12.5. The van der Waals surface area contributed by atoms with Crippen molar-refractivity contribution in [1.29, 1.82) is 0 Å². The lowest BCUT2D eigenvalue weighted by Gasteiger charge is -2.25. The van der Waals surface area contributed by atoms with Gasteiger partial charge in [0.15, 0.2) is 5.96 Å². The highest BCUT2D eigenvalue weighted by Gasteiger charge is 2.16. The fourth-order valence-corrected chi connectivity index (χ4v) is 2.72. The Morgan fingerprint density at radius 3 is 2.81 bits per heavy atom. The van der Waals surface area contributed by atoms with Crippen LogP contribution in [-0.2, 0) is 6.54 Å². The van der Waals surface area contributed by atoms with Crippen molar-refractivity contribution in [3.05, 3.63) is 42.0 Å². The summed E-state index contributed by atoms with van der Waals surface area (Å²) in [5.41, 5.74) is 8.39. The molecule has 2 aliphatic rings. The maximum atomic E-state index is 5.93. The number of anilines is 1. The molecule has 1 aliphatic carbocycles. The van der Waals surface area contributed by atoms with E-state index in [1.54, 1.807) is 0 Å². The first kappa shape index (κ1) is 14.0. The van der Waals surface area contributed by atoms with E-state index in [9.17, 15) is 0 Å². The molecule has 1 saturated carbocycles. The van der Waals surface area contributed by atoms with Crippen LogP contribution in [0.1, 0.15) is 24.8 Å². The van der Waals surface area contributed by atoms with E-state index >= 15 is 0 Å². The third-order valence-electron chi connectivity index (χ3n) is 4.32. The Hall–Kier alpha value is -1.97. The number of guanidine groups is 1. The number of nitrogens with two attached hydrogens (primary N) is 1. The highest BCUT2D eigenvalue weighted by atomic mass is 15.1. The molecular weight excluding hydrogens is 260 g/mol. The molecule has 1 aliphatic heterocycles. The van der Waals surface area contributed by atoms with E-state index in [2.05, 4.69) is 51.6 Å². The predicted molar refractivity (Wildman–Crippen MR) is 88.5 cm³/mol. The van der Waals surface area contributed by atoms with Gasteiger partial charge in [-0.3, -0.25) is 0 Å². The first-order chi connectivity index (χ1) is 10.3.